The monoisotopic (exact) mass is 339 g/mol. The summed E-state index contributed by atoms with van der Waals surface area (Å²) in [7, 11) is 0. The van der Waals surface area contributed by atoms with E-state index < -0.39 is 0 Å². The standard InChI is InChI=1S/C17H21N7O/c1-4-15-14(9-18-24(15)10-11(2)3)17(25)19-13-7-5-6-12(8-13)16-20-22-23-21-16/h5-9,11H,4,10H2,1-3H3,(H,19,25)(H,20,21,22,23). The highest BCUT2D eigenvalue weighted by atomic mass is 16.1. The predicted molar refractivity (Wildman–Crippen MR) is 94.0 cm³/mol. The second-order valence-corrected chi connectivity index (χ2v) is 6.20. The summed E-state index contributed by atoms with van der Waals surface area (Å²) in [6.45, 7) is 7.08. The zero-order valence-corrected chi connectivity index (χ0v) is 14.5. The molecule has 25 heavy (non-hydrogen) atoms. The van der Waals surface area contributed by atoms with Crippen LogP contribution in [0.15, 0.2) is 30.5 Å². The van der Waals surface area contributed by atoms with Crippen LogP contribution in [0.5, 0.6) is 0 Å². The van der Waals surface area contributed by atoms with Gasteiger partial charge in [0.1, 0.15) is 0 Å². The van der Waals surface area contributed by atoms with Crippen molar-refractivity contribution < 1.29 is 4.79 Å². The lowest BCUT2D eigenvalue weighted by Gasteiger charge is -2.10. The van der Waals surface area contributed by atoms with Gasteiger partial charge in [-0.3, -0.25) is 9.48 Å². The largest absolute Gasteiger partial charge is 0.322 e. The molecular weight excluding hydrogens is 318 g/mol. The van der Waals surface area contributed by atoms with E-state index in [1.165, 1.54) is 0 Å². The van der Waals surface area contributed by atoms with Crippen LogP contribution in [0.3, 0.4) is 0 Å². The topological polar surface area (TPSA) is 101 Å². The number of benzene rings is 1. The molecule has 2 aromatic heterocycles. The summed E-state index contributed by atoms with van der Waals surface area (Å²) >= 11 is 0. The number of hydrogen-bond donors (Lipinski definition) is 2. The van der Waals surface area contributed by atoms with Crippen LogP contribution in [0.1, 0.15) is 36.8 Å². The van der Waals surface area contributed by atoms with Crippen molar-refractivity contribution in [3.8, 4) is 11.4 Å². The number of nitrogens with one attached hydrogen (secondary N) is 2. The molecule has 0 aliphatic heterocycles. The van der Waals surface area contributed by atoms with Gasteiger partial charge in [0.25, 0.3) is 5.91 Å². The van der Waals surface area contributed by atoms with E-state index in [-0.39, 0.29) is 5.91 Å². The highest BCUT2D eigenvalue weighted by molar-refractivity contribution is 6.05. The molecule has 130 valence electrons. The van der Waals surface area contributed by atoms with E-state index in [1.807, 2.05) is 35.9 Å². The van der Waals surface area contributed by atoms with Crippen LogP contribution in [-0.2, 0) is 13.0 Å². The number of carbonyl (C=O) groups excluding carboxylic acids is 1. The van der Waals surface area contributed by atoms with Crippen molar-refractivity contribution in [3.05, 3.63) is 41.7 Å². The summed E-state index contributed by atoms with van der Waals surface area (Å²) in [5.74, 6) is 0.778. The minimum Gasteiger partial charge on any atom is -0.322 e. The van der Waals surface area contributed by atoms with E-state index in [2.05, 4.69) is 44.9 Å². The SMILES string of the molecule is CCc1c(C(=O)Nc2cccc(-c3nn[nH]n3)c2)cnn1CC(C)C. The van der Waals surface area contributed by atoms with E-state index >= 15 is 0 Å². The second-order valence-electron chi connectivity index (χ2n) is 6.20. The molecule has 0 radical (unpaired) electrons. The van der Waals surface area contributed by atoms with Gasteiger partial charge in [0.15, 0.2) is 0 Å². The first-order chi connectivity index (χ1) is 12.1. The lowest BCUT2D eigenvalue weighted by Crippen LogP contribution is -2.15. The molecule has 0 saturated carbocycles. The summed E-state index contributed by atoms with van der Waals surface area (Å²) in [4.78, 5) is 12.7. The van der Waals surface area contributed by atoms with Gasteiger partial charge in [0.2, 0.25) is 5.82 Å². The van der Waals surface area contributed by atoms with E-state index in [9.17, 15) is 4.79 Å². The smallest absolute Gasteiger partial charge is 0.259 e. The van der Waals surface area contributed by atoms with Crippen LogP contribution in [0.2, 0.25) is 0 Å². The van der Waals surface area contributed by atoms with Crippen molar-refractivity contribution in [2.75, 3.05) is 5.32 Å². The average molecular weight is 339 g/mol. The maximum Gasteiger partial charge on any atom is 0.259 e. The lowest BCUT2D eigenvalue weighted by atomic mass is 10.1. The third-order valence-electron chi connectivity index (χ3n) is 3.79. The maximum atomic E-state index is 12.7. The van der Waals surface area contributed by atoms with Gasteiger partial charge in [-0.25, -0.2) is 0 Å². The van der Waals surface area contributed by atoms with E-state index in [1.54, 1.807) is 6.20 Å². The molecule has 2 heterocycles. The molecule has 0 aliphatic rings. The summed E-state index contributed by atoms with van der Waals surface area (Å²) < 4.78 is 1.91. The van der Waals surface area contributed by atoms with Crippen molar-refractivity contribution in [2.24, 2.45) is 5.92 Å². The fourth-order valence-corrected chi connectivity index (χ4v) is 2.70. The number of carbonyl (C=O) groups is 1. The third-order valence-corrected chi connectivity index (χ3v) is 3.79. The molecule has 8 heteroatoms. The first-order valence-corrected chi connectivity index (χ1v) is 8.28. The number of anilines is 1. The fraction of sp³-hybridized carbons (Fsp3) is 0.353. The number of hydrogen-bond acceptors (Lipinski definition) is 5. The molecule has 1 aromatic carbocycles. The molecule has 1 amide bonds. The lowest BCUT2D eigenvalue weighted by molar-refractivity contribution is 0.102. The molecule has 0 aliphatic carbocycles. The number of aromatic nitrogens is 6. The Morgan fingerprint density at radius 1 is 1.36 bits per heavy atom. The van der Waals surface area contributed by atoms with Crippen LogP contribution in [-0.4, -0.2) is 36.3 Å². The van der Waals surface area contributed by atoms with Crippen LogP contribution < -0.4 is 5.32 Å². The third kappa shape index (κ3) is 3.73. The molecule has 3 aromatic rings. The molecule has 0 saturated heterocycles. The summed E-state index contributed by atoms with van der Waals surface area (Å²) in [5, 5.41) is 21.2. The molecule has 0 spiro atoms. The van der Waals surface area contributed by atoms with Gasteiger partial charge >= 0.3 is 0 Å². The molecular formula is C17H21N7O. The number of H-pyrrole nitrogens is 1. The van der Waals surface area contributed by atoms with Gasteiger partial charge in [0.05, 0.1) is 17.5 Å². The highest BCUT2D eigenvalue weighted by Crippen LogP contribution is 2.20. The van der Waals surface area contributed by atoms with Crippen molar-refractivity contribution in [1.82, 2.24) is 30.4 Å². The van der Waals surface area contributed by atoms with Gasteiger partial charge in [-0.05, 0) is 29.7 Å². The quantitative estimate of drug-likeness (QED) is 0.718. The summed E-state index contributed by atoms with van der Waals surface area (Å²) in [5.41, 5.74) is 3.00. The Labute approximate surface area is 145 Å². The highest BCUT2D eigenvalue weighted by Gasteiger charge is 2.17. The number of amides is 1. The van der Waals surface area contributed by atoms with Crippen molar-refractivity contribution in [3.63, 3.8) is 0 Å². The van der Waals surface area contributed by atoms with Gasteiger partial charge in [-0.1, -0.05) is 32.9 Å². The molecule has 0 bridgehead atoms. The van der Waals surface area contributed by atoms with Gasteiger partial charge in [0, 0.05) is 17.8 Å². The van der Waals surface area contributed by atoms with Crippen molar-refractivity contribution in [1.29, 1.82) is 0 Å². The maximum absolute atomic E-state index is 12.7. The number of tetrazole rings is 1. The molecule has 0 fully saturated rings. The van der Waals surface area contributed by atoms with E-state index in [0.717, 1.165) is 24.2 Å². The van der Waals surface area contributed by atoms with Crippen LogP contribution in [0.4, 0.5) is 5.69 Å². The molecule has 3 rings (SSSR count). The zero-order valence-electron chi connectivity index (χ0n) is 14.5. The molecule has 8 nitrogen and oxygen atoms in total. The zero-order chi connectivity index (χ0) is 17.8. The molecule has 2 N–H and O–H groups in total. The fourth-order valence-electron chi connectivity index (χ4n) is 2.70. The average Bonchev–Trinajstić information content (AvgIpc) is 3.24. The predicted octanol–water partition coefficient (Wildman–Crippen LogP) is 2.53. The normalized spacial score (nSPS) is 11.0. The Morgan fingerprint density at radius 3 is 2.88 bits per heavy atom. The Balaban J connectivity index is 1.81. The Kier molecular flexibility index (Phi) is 4.87. The van der Waals surface area contributed by atoms with Crippen LogP contribution in [0.25, 0.3) is 11.4 Å². The summed E-state index contributed by atoms with van der Waals surface area (Å²) in [6, 6.07) is 7.33. The van der Waals surface area contributed by atoms with Gasteiger partial charge in [-0.15, -0.1) is 10.2 Å². The number of aromatic amines is 1. The van der Waals surface area contributed by atoms with Gasteiger partial charge in [-0.2, -0.15) is 10.3 Å². The van der Waals surface area contributed by atoms with Crippen LogP contribution >= 0.6 is 0 Å². The van der Waals surface area contributed by atoms with Crippen molar-refractivity contribution in [2.45, 2.75) is 33.7 Å². The van der Waals surface area contributed by atoms with Crippen LogP contribution in [0, 0.1) is 5.92 Å². The Morgan fingerprint density at radius 2 is 2.20 bits per heavy atom. The minimum absolute atomic E-state index is 0.169. The minimum atomic E-state index is -0.169. The van der Waals surface area contributed by atoms with E-state index in [4.69, 9.17) is 0 Å². The first kappa shape index (κ1) is 16.8. The van der Waals surface area contributed by atoms with Crippen molar-refractivity contribution >= 4 is 11.6 Å². The Bertz CT molecular complexity index is 852. The Hall–Kier alpha value is -3.03. The summed E-state index contributed by atoms with van der Waals surface area (Å²) in [6.07, 6.45) is 2.39. The first-order valence-electron chi connectivity index (χ1n) is 8.28. The molecule has 0 atom stereocenters. The molecule has 0 unspecified atom stereocenters. The second kappa shape index (κ2) is 7.25. The van der Waals surface area contributed by atoms with Gasteiger partial charge < -0.3 is 5.32 Å². The van der Waals surface area contributed by atoms with E-state index in [0.29, 0.717) is 23.0 Å². The number of rotatable bonds is 6. The number of nitrogens with zero attached hydrogens (tertiary/aromatic N) is 5.